The highest BCUT2D eigenvalue weighted by Gasteiger charge is 2.04. The second-order valence-corrected chi connectivity index (χ2v) is 4.15. The van der Waals surface area contributed by atoms with Crippen LogP contribution in [0.5, 0.6) is 0 Å². The van der Waals surface area contributed by atoms with Gasteiger partial charge in [0.15, 0.2) is 12.2 Å². The van der Waals surface area contributed by atoms with Gasteiger partial charge in [-0.2, -0.15) is 5.10 Å². The Bertz CT molecular complexity index is 659. The Labute approximate surface area is 109 Å². The molecule has 0 saturated heterocycles. The number of nitrogens with zero attached hydrogens (tertiary/aromatic N) is 3. The number of oxazole rings is 1. The van der Waals surface area contributed by atoms with Crippen LogP contribution in [0.3, 0.4) is 0 Å². The van der Waals surface area contributed by atoms with E-state index in [1.165, 1.54) is 6.39 Å². The Morgan fingerprint density at radius 3 is 3.05 bits per heavy atom. The molecule has 0 saturated carbocycles. The molecule has 6 nitrogen and oxygen atoms in total. The Balaban J connectivity index is 1.76. The molecule has 0 atom stereocenters. The predicted octanol–water partition coefficient (Wildman–Crippen LogP) is 2.38. The molecular formula is C13H13N5O. The van der Waals surface area contributed by atoms with E-state index >= 15 is 0 Å². The monoisotopic (exact) mass is 255 g/mol. The van der Waals surface area contributed by atoms with E-state index in [1.807, 2.05) is 31.2 Å². The third-order valence-electron chi connectivity index (χ3n) is 2.67. The summed E-state index contributed by atoms with van der Waals surface area (Å²) in [5.41, 5.74) is 1.95. The minimum Gasteiger partial charge on any atom is -0.447 e. The van der Waals surface area contributed by atoms with E-state index in [0.29, 0.717) is 12.4 Å². The largest absolute Gasteiger partial charge is 0.447 e. The van der Waals surface area contributed by atoms with Crippen LogP contribution in [0.4, 0.5) is 5.69 Å². The van der Waals surface area contributed by atoms with Crippen LogP contribution < -0.4 is 5.32 Å². The fourth-order valence-electron chi connectivity index (χ4n) is 1.76. The normalized spacial score (nSPS) is 10.6. The van der Waals surface area contributed by atoms with E-state index in [2.05, 4.69) is 25.5 Å². The second kappa shape index (κ2) is 4.93. The van der Waals surface area contributed by atoms with Crippen molar-refractivity contribution in [3.8, 4) is 11.4 Å². The summed E-state index contributed by atoms with van der Waals surface area (Å²) >= 11 is 0. The van der Waals surface area contributed by atoms with Gasteiger partial charge >= 0.3 is 0 Å². The van der Waals surface area contributed by atoms with Gasteiger partial charge in [-0.1, -0.05) is 12.1 Å². The van der Waals surface area contributed by atoms with Crippen LogP contribution in [0.1, 0.15) is 11.6 Å². The number of H-pyrrole nitrogens is 1. The molecule has 3 aromatic rings. The number of aromatic amines is 1. The summed E-state index contributed by atoms with van der Waals surface area (Å²) in [5.74, 6) is 2.29. The van der Waals surface area contributed by atoms with E-state index in [4.69, 9.17) is 4.42 Å². The lowest BCUT2D eigenvalue weighted by Gasteiger charge is -2.05. The van der Waals surface area contributed by atoms with Gasteiger partial charge in [-0.05, 0) is 19.1 Å². The van der Waals surface area contributed by atoms with Crippen LogP contribution in [0.25, 0.3) is 11.4 Å². The molecule has 19 heavy (non-hydrogen) atoms. The Hall–Kier alpha value is -2.63. The zero-order valence-electron chi connectivity index (χ0n) is 10.4. The highest BCUT2D eigenvalue weighted by Crippen LogP contribution is 2.19. The van der Waals surface area contributed by atoms with E-state index < -0.39 is 0 Å². The molecule has 0 bridgehead atoms. The molecule has 0 aliphatic heterocycles. The fraction of sp³-hybridized carbons (Fsp3) is 0.154. The van der Waals surface area contributed by atoms with Crippen molar-refractivity contribution in [2.45, 2.75) is 13.5 Å². The maximum Gasteiger partial charge on any atom is 0.181 e. The molecule has 0 amide bonds. The van der Waals surface area contributed by atoms with Crippen molar-refractivity contribution in [1.29, 1.82) is 0 Å². The molecule has 0 radical (unpaired) electrons. The molecule has 0 fully saturated rings. The van der Waals surface area contributed by atoms with Gasteiger partial charge in [0.2, 0.25) is 0 Å². The number of hydrogen-bond acceptors (Lipinski definition) is 5. The lowest BCUT2D eigenvalue weighted by Crippen LogP contribution is -1.98. The minimum atomic E-state index is 0.594. The van der Waals surface area contributed by atoms with Crippen molar-refractivity contribution >= 4 is 5.69 Å². The summed E-state index contributed by atoms with van der Waals surface area (Å²) in [4.78, 5) is 8.18. The molecule has 0 spiro atoms. The van der Waals surface area contributed by atoms with E-state index in [1.54, 1.807) is 6.20 Å². The van der Waals surface area contributed by atoms with Crippen LogP contribution in [0, 0.1) is 6.92 Å². The van der Waals surface area contributed by atoms with Crippen molar-refractivity contribution in [3.63, 3.8) is 0 Å². The molecule has 6 heteroatoms. The predicted molar refractivity (Wildman–Crippen MR) is 70.4 cm³/mol. The fourth-order valence-corrected chi connectivity index (χ4v) is 1.76. The van der Waals surface area contributed by atoms with Crippen LogP contribution in [0.2, 0.25) is 0 Å². The second-order valence-electron chi connectivity index (χ2n) is 4.15. The van der Waals surface area contributed by atoms with Crippen LogP contribution in [-0.2, 0) is 6.54 Å². The number of rotatable bonds is 4. The third kappa shape index (κ3) is 2.62. The molecule has 96 valence electrons. The molecule has 0 aliphatic carbocycles. The molecule has 2 heterocycles. The quantitative estimate of drug-likeness (QED) is 0.748. The van der Waals surface area contributed by atoms with Gasteiger partial charge in [0.25, 0.3) is 0 Å². The van der Waals surface area contributed by atoms with E-state index in [-0.39, 0.29) is 0 Å². The SMILES string of the molecule is Cc1nc(-c2cccc(NCc3cnco3)c2)n[nH]1. The Morgan fingerprint density at radius 2 is 2.32 bits per heavy atom. The van der Waals surface area contributed by atoms with Gasteiger partial charge in [-0.3, -0.25) is 5.10 Å². The van der Waals surface area contributed by atoms with Gasteiger partial charge in [0.05, 0.1) is 12.7 Å². The molecule has 0 unspecified atom stereocenters. The van der Waals surface area contributed by atoms with Crippen molar-refractivity contribution in [2.75, 3.05) is 5.32 Å². The Kier molecular flexibility index (Phi) is 2.97. The lowest BCUT2D eigenvalue weighted by atomic mass is 10.2. The van der Waals surface area contributed by atoms with Crippen molar-refractivity contribution in [3.05, 3.63) is 48.4 Å². The summed E-state index contributed by atoms with van der Waals surface area (Å²) < 4.78 is 5.17. The first-order chi connectivity index (χ1) is 9.31. The van der Waals surface area contributed by atoms with Gasteiger partial charge < -0.3 is 9.73 Å². The standard InChI is InChI=1S/C13H13N5O/c1-9-16-13(18-17-9)10-3-2-4-11(5-10)15-7-12-6-14-8-19-12/h2-6,8,15H,7H2,1H3,(H,16,17,18). The molecule has 2 aromatic heterocycles. The third-order valence-corrected chi connectivity index (χ3v) is 2.67. The number of aromatic nitrogens is 4. The number of hydrogen-bond donors (Lipinski definition) is 2. The first kappa shape index (κ1) is 11.5. The van der Waals surface area contributed by atoms with Gasteiger partial charge in [0.1, 0.15) is 11.6 Å². The van der Waals surface area contributed by atoms with Gasteiger partial charge in [0, 0.05) is 11.3 Å². The average molecular weight is 255 g/mol. The van der Waals surface area contributed by atoms with Crippen LogP contribution >= 0.6 is 0 Å². The number of anilines is 1. The molecular weight excluding hydrogens is 242 g/mol. The summed E-state index contributed by atoms with van der Waals surface area (Å²) in [6, 6.07) is 7.92. The summed E-state index contributed by atoms with van der Waals surface area (Å²) in [6.07, 6.45) is 3.11. The minimum absolute atomic E-state index is 0.594. The molecule has 2 N–H and O–H groups in total. The number of benzene rings is 1. The van der Waals surface area contributed by atoms with E-state index in [9.17, 15) is 0 Å². The molecule has 3 rings (SSSR count). The maximum atomic E-state index is 5.17. The van der Waals surface area contributed by atoms with Crippen molar-refractivity contribution in [2.24, 2.45) is 0 Å². The highest BCUT2D eigenvalue weighted by molar-refractivity contribution is 5.62. The average Bonchev–Trinajstić information content (AvgIpc) is 3.08. The highest BCUT2D eigenvalue weighted by atomic mass is 16.3. The van der Waals surface area contributed by atoms with Gasteiger partial charge in [-0.15, -0.1) is 0 Å². The lowest BCUT2D eigenvalue weighted by molar-refractivity contribution is 0.512. The molecule has 1 aromatic carbocycles. The zero-order valence-corrected chi connectivity index (χ0v) is 10.4. The zero-order chi connectivity index (χ0) is 13.1. The van der Waals surface area contributed by atoms with Crippen LogP contribution in [-0.4, -0.2) is 20.2 Å². The first-order valence-electron chi connectivity index (χ1n) is 5.92. The summed E-state index contributed by atoms with van der Waals surface area (Å²) in [6.45, 7) is 2.47. The summed E-state index contributed by atoms with van der Waals surface area (Å²) in [7, 11) is 0. The van der Waals surface area contributed by atoms with E-state index in [0.717, 1.165) is 22.8 Å². The number of aryl methyl sites for hydroxylation is 1. The number of nitrogens with one attached hydrogen (secondary N) is 2. The maximum absolute atomic E-state index is 5.17. The van der Waals surface area contributed by atoms with Crippen molar-refractivity contribution < 1.29 is 4.42 Å². The smallest absolute Gasteiger partial charge is 0.181 e. The topological polar surface area (TPSA) is 79.6 Å². The first-order valence-corrected chi connectivity index (χ1v) is 5.92. The van der Waals surface area contributed by atoms with Gasteiger partial charge in [-0.25, -0.2) is 9.97 Å². The Morgan fingerprint density at radius 1 is 1.37 bits per heavy atom. The molecule has 0 aliphatic rings. The van der Waals surface area contributed by atoms with Crippen LogP contribution in [0.15, 0.2) is 41.3 Å². The summed E-state index contributed by atoms with van der Waals surface area (Å²) in [5, 5.41) is 10.2. The van der Waals surface area contributed by atoms with Crippen molar-refractivity contribution in [1.82, 2.24) is 20.2 Å².